The van der Waals surface area contributed by atoms with Gasteiger partial charge in [0.2, 0.25) is 0 Å². The molecule has 0 amide bonds. The van der Waals surface area contributed by atoms with Gasteiger partial charge in [0.05, 0.1) is 12.2 Å². The van der Waals surface area contributed by atoms with Gasteiger partial charge in [-0.3, -0.25) is 0 Å². The van der Waals surface area contributed by atoms with Crippen LogP contribution in [0.3, 0.4) is 0 Å². The molecule has 2 rings (SSSR count). The van der Waals surface area contributed by atoms with Crippen molar-refractivity contribution in [3.05, 3.63) is 17.8 Å². The molecule has 0 aromatic carbocycles. The molecule has 1 aliphatic rings. The van der Waals surface area contributed by atoms with Crippen molar-refractivity contribution in [2.45, 2.75) is 33.0 Å². The van der Waals surface area contributed by atoms with Crippen molar-refractivity contribution in [3.63, 3.8) is 0 Å². The third kappa shape index (κ3) is 2.79. The predicted molar refractivity (Wildman–Crippen MR) is 68.8 cm³/mol. The van der Waals surface area contributed by atoms with E-state index in [-0.39, 0.29) is 12.2 Å². The van der Waals surface area contributed by atoms with E-state index in [2.05, 4.69) is 23.7 Å². The van der Waals surface area contributed by atoms with Crippen LogP contribution in [0.1, 0.15) is 19.5 Å². The van der Waals surface area contributed by atoms with Gasteiger partial charge in [-0.05, 0) is 32.3 Å². The zero-order chi connectivity index (χ0) is 12.4. The van der Waals surface area contributed by atoms with Crippen LogP contribution in [0.25, 0.3) is 0 Å². The number of aromatic nitrogens is 1. The number of morpholine rings is 1. The third-order valence-electron chi connectivity index (χ3n) is 2.99. The molecule has 0 unspecified atom stereocenters. The summed E-state index contributed by atoms with van der Waals surface area (Å²) in [4.78, 5) is 6.74. The number of hydrogen-bond acceptors (Lipinski definition) is 4. The van der Waals surface area contributed by atoms with Crippen molar-refractivity contribution in [1.29, 1.82) is 0 Å². The SMILES string of the molecule is Cc1nc(N2C[C@@H](C)O[C@@H](C)C2)ccc1[B]O. The lowest BCUT2D eigenvalue weighted by atomic mass is 9.87. The minimum atomic E-state index is 0.227. The first-order valence-electron chi connectivity index (χ1n) is 5.95. The Bertz CT molecular complexity index is 390. The average Bonchev–Trinajstić information content (AvgIpc) is 2.27. The zero-order valence-corrected chi connectivity index (χ0v) is 10.6. The lowest BCUT2D eigenvalue weighted by Crippen LogP contribution is -2.46. The number of anilines is 1. The second-order valence-corrected chi connectivity index (χ2v) is 4.64. The third-order valence-corrected chi connectivity index (χ3v) is 2.99. The predicted octanol–water partition coefficient (Wildman–Crippen LogP) is 0.240. The average molecular weight is 233 g/mol. The van der Waals surface area contributed by atoms with Crippen molar-refractivity contribution in [2.75, 3.05) is 18.0 Å². The van der Waals surface area contributed by atoms with Gasteiger partial charge in [0.25, 0.3) is 0 Å². The molecule has 1 aliphatic heterocycles. The van der Waals surface area contributed by atoms with E-state index >= 15 is 0 Å². The Kier molecular flexibility index (Phi) is 3.69. The van der Waals surface area contributed by atoms with E-state index in [4.69, 9.17) is 9.76 Å². The molecule has 1 aromatic rings. The van der Waals surface area contributed by atoms with Gasteiger partial charge in [-0.25, -0.2) is 4.98 Å². The number of pyridine rings is 1. The highest BCUT2D eigenvalue weighted by Crippen LogP contribution is 2.17. The van der Waals surface area contributed by atoms with E-state index in [1.165, 1.54) is 0 Å². The molecule has 91 valence electrons. The number of aryl methyl sites for hydroxylation is 1. The summed E-state index contributed by atoms with van der Waals surface area (Å²) in [6.45, 7) is 7.77. The van der Waals surface area contributed by atoms with Crippen LogP contribution in [0.2, 0.25) is 0 Å². The summed E-state index contributed by atoms with van der Waals surface area (Å²) >= 11 is 0. The normalized spacial score (nSPS) is 24.8. The van der Waals surface area contributed by atoms with Gasteiger partial charge in [0, 0.05) is 18.8 Å². The Labute approximate surface area is 103 Å². The molecule has 1 fully saturated rings. The van der Waals surface area contributed by atoms with Gasteiger partial charge in [-0.2, -0.15) is 0 Å². The van der Waals surface area contributed by atoms with E-state index in [9.17, 15) is 0 Å². The molecule has 1 aromatic heterocycles. The lowest BCUT2D eigenvalue weighted by molar-refractivity contribution is -0.00546. The van der Waals surface area contributed by atoms with Crippen LogP contribution in [0, 0.1) is 6.92 Å². The summed E-state index contributed by atoms with van der Waals surface area (Å²) in [5.74, 6) is 0.954. The second kappa shape index (κ2) is 5.06. The van der Waals surface area contributed by atoms with E-state index in [1.807, 2.05) is 19.1 Å². The fourth-order valence-electron chi connectivity index (χ4n) is 2.24. The summed E-state index contributed by atoms with van der Waals surface area (Å²) < 4.78 is 5.70. The van der Waals surface area contributed by atoms with Gasteiger partial charge in [0.15, 0.2) is 0 Å². The van der Waals surface area contributed by atoms with Crippen LogP contribution in [-0.2, 0) is 4.74 Å². The van der Waals surface area contributed by atoms with Crippen LogP contribution in [0.4, 0.5) is 5.82 Å². The van der Waals surface area contributed by atoms with Crippen LogP contribution in [0.15, 0.2) is 12.1 Å². The highest BCUT2D eigenvalue weighted by Gasteiger charge is 2.23. The number of hydrogen-bond donors (Lipinski definition) is 1. The molecule has 1 radical (unpaired) electrons. The monoisotopic (exact) mass is 233 g/mol. The maximum atomic E-state index is 9.01. The minimum absolute atomic E-state index is 0.227. The Morgan fingerprint density at radius 2 is 2.00 bits per heavy atom. The lowest BCUT2D eigenvalue weighted by Gasteiger charge is -2.36. The maximum Gasteiger partial charge on any atom is 0.328 e. The van der Waals surface area contributed by atoms with Gasteiger partial charge < -0.3 is 14.7 Å². The van der Waals surface area contributed by atoms with Crippen molar-refractivity contribution in [3.8, 4) is 0 Å². The van der Waals surface area contributed by atoms with E-state index in [1.54, 1.807) is 0 Å². The number of nitrogens with zero attached hydrogens (tertiary/aromatic N) is 2. The molecular formula is C12H18BN2O2. The second-order valence-electron chi connectivity index (χ2n) is 4.64. The summed E-state index contributed by atoms with van der Waals surface area (Å²) in [6, 6.07) is 3.84. The molecule has 4 nitrogen and oxygen atoms in total. The molecule has 0 spiro atoms. The Balaban J connectivity index is 2.19. The fraction of sp³-hybridized carbons (Fsp3) is 0.583. The molecule has 2 atom stereocenters. The molecule has 5 heteroatoms. The molecule has 17 heavy (non-hydrogen) atoms. The quantitative estimate of drug-likeness (QED) is 0.743. The first-order valence-corrected chi connectivity index (χ1v) is 5.95. The summed E-state index contributed by atoms with van der Waals surface area (Å²) in [5.41, 5.74) is 1.61. The van der Waals surface area contributed by atoms with Crippen LogP contribution < -0.4 is 10.4 Å². The Hall–Kier alpha value is -1.07. The van der Waals surface area contributed by atoms with Gasteiger partial charge >= 0.3 is 7.48 Å². The Morgan fingerprint density at radius 1 is 1.35 bits per heavy atom. The van der Waals surface area contributed by atoms with Crippen LogP contribution in [0.5, 0.6) is 0 Å². The highest BCUT2D eigenvalue weighted by atomic mass is 16.5. The van der Waals surface area contributed by atoms with Gasteiger partial charge in [-0.15, -0.1) is 0 Å². The Morgan fingerprint density at radius 3 is 2.53 bits per heavy atom. The van der Waals surface area contributed by atoms with E-state index < -0.39 is 0 Å². The summed E-state index contributed by atoms with van der Waals surface area (Å²) in [5, 5.41) is 9.01. The molecular weight excluding hydrogens is 215 g/mol. The first kappa shape index (κ1) is 12.4. The van der Waals surface area contributed by atoms with Gasteiger partial charge in [0.1, 0.15) is 5.82 Å². The number of ether oxygens (including phenoxy) is 1. The van der Waals surface area contributed by atoms with Crippen molar-refractivity contribution in [1.82, 2.24) is 4.98 Å². The maximum absolute atomic E-state index is 9.01. The minimum Gasteiger partial charge on any atom is -0.450 e. The van der Waals surface area contributed by atoms with Crippen molar-refractivity contribution < 1.29 is 9.76 Å². The molecule has 0 bridgehead atoms. The number of rotatable bonds is 2. The topological polar surface area (TPSA) is 45.6 Å². The van der Waals surface area contributed by atoms with Crippen LogP contribution in [-0.4, -0.2) is 42.8 Å². The summed E-state index contributed by atoms with van der Waals surface area (Å²) in [7, 11) is 1.09. The molecule has 2 heterocycles. The molecule has 1 N–H and O–H groups in total. The standard InChI is InChI=1S/C12H18BN2O2/c1-8-6-15(7-9(2)17-8)12-5-4-11(13-16)10(3)14-12/h4-5,8-9,16H,6-7H2,1-3H3/t8-,9+. The fourth-order valence-corrected chi connectivity index (χ4v) is 2.24. The van der Waals surface area contributed by atoms with E-state index in [0.717, 1.165) is 37.5 Å². The smallest absolute Gasteiger partial charge is 0.328 e. The van der Waals surface area contributed by atoms with Crippen molar-refractivity contribution >= 4 is 18.8 Å². The first-order chi connectivity index (χ1) is 8.10. The molecule has 1 saturated heterocycles. The zero-order valence-electron chi connectivity index (χ0n) is 10.6. The largest absolute Gasteiger partial charge is 0.450 e. The van der Waals surface area contributed by atoms with E-state index in [0.29, 0.717) is 0 Å². The molecule has 0 aliphatic carbocycles. The summed E-state index contributed by atoms with van der Waals surface area (Å²) in [6.07, 6.45) is 0.454. The van der Waals surface area contributed by atoms with Gasteiger partial charge in [-0.1, -0.05) is 6.07 Å². The highest BCUT2D eigenvalue weighted by molar-refractivity contribution is 6.46. The van der Waals surface area contributed by atoms with Crippen LogP contribution >= 0.6 is 0 Å². The van der Waals surface area contributed by atoms with Crippen molar-refractivity contribution in [2.24, 2.45) is 0 Å². The molecule has 0 saturated carbocycles.